The van der Waals surface area contributed by atoms with Gasteiger partial charge in [0.15, 0.2) is 11.5 Å². The van der Waals surface area contributed by atoms with Crippen molar-refractivity contribution in [1.29, 1.82) is 0 Å². The second-order valence-corrected chi connectivity index (χ2v) is 7.53. The predicted molar refractivity (Wildman–Crippen MR) is 106 cm³/mol. The van der Waals surface area contributed by atoms with Crippen molar-refractivity contribution >= 4 is 0 Å². The Labute approximate surface area is 179 Å². The molecule has 0 aliphatic carbocycles. The summed E-state index contributed by atoms with van der Waals surface area (Å²) in [6, 6.07) is 13.1. The largest absolute Gasteiger partial charge is 0.435 e. The SMILES string of the molecule is CC(C)(c1cccc(-c2ccc(F)nc2F)n1)c1cccc(-n2ccc(C(F)(F)F)n2)n1. The second kappa shape index (κ2) is 7.77. The van der Waals surface area contributed by atoms with Gasteiger partial charge in [-0.2, -0.15) is 32.0 Å². The minimum Gasteiger partial charge on any atom is -0.252 e. The molecule has 0 saturated carbocycles. The normalized spacial score (nSPS) is 12.2. The number of aromatic nitrogens is 5. The van der Waals surface area contributed by atoms with Crippen LogP contribution in [0.5, 0.6) is 0 Å². The van der Waals surface area contributed by atoms with Crippen LogP contribution in [0.25, 0.3) is 17.1 Å². The fourth-order valence-electron chi connectivity index (χ4n) is 3.17. The lowest BCUT2D eigenvalue weighted by Crippen LogP contribution is -2.23. The van der Waals surface area contributed by atoms with Gasteiger partial charge in [0.25, 0.3) is 0 Å². The van der Waals surface area contributed by atoms with Gasteiger partial charge in [0.2, 0.25) is 11.9 Å². The lowest BCUT2D eigenvalue weighted by molar-refractivity contribution is -0.141. The Morgan fingerprint density at radius 1 is 0.750 bits per heavy atom. The van der Waals surface area contributed by atoms with E-state index >= 15 is 0 Å². The number of pyridine rings is 3. The zero-order valence-electron chi connectivity index (χ0n) is 16.9. The third-order valence-electron chi connectivity index (χ3n) is 4.97. The molecule has 0 amide bonds. The lowest BCUT2D eigenvalue weighted by atomic mass is 9.84. The molecule has 32 heavy (non-hydrogen) atoms. The minimum absolute atomic E-state index is 0.0435. The second-order valence-electron chi connectivity index (χ2n) is 7.53. The molecule has 0 bridgehead atoms. The Balaban J connectivity index is 1.71. The molecular weight excluding hydrogens is 429 g/mol. The molecule has 4 heterocycles. The van der Waals surface area contributed by atoms with Crippen LogP contribution in [0.1, 0.15) is 30.9 Å². The van der Waals surface area contributed by atoms with Gasteiger partial charge in [-0.15, -0.1) is 0 Å². The standard InChI is InChI=1S/C22H16F5N5/c1-21(2,15-6-3-5-14(28-15)13-9-10-18(23)30-20(13)24)16-7-4-8-19(29-16)32-12-11-17(31-32)22(25,26)27/h3-12H,1-2H3. The van der Waals surface area contributed by atoms with E-state index in [2.05, 4.69) is 20.1 Å². The van der Waals surface area contributed by atoms with Crippen molar-refractivity contribution in [3.05, 3.63) is 89.8 Å². The first kappa shape index (κ1) is 21.5. The molecule has 0 fully saturated rings. The molecule has 4 rings (SSSR count). The van der Waals surface area contributed by atoms with Crippen LogP contribution < -0.4 is 0 Å². The molecule has 0 aromatic carbocycles. The molecule has 164 valence electrons. The first-order valence-electron chi connectivity index (χ1n) is 9.46. The summed E-state index contributed by atoms with van der Waals surface area (Å²) < 4.78 is 67.0. The predicted octanol–water partition coefficient (Wildman–Crippen LogP) is 5.35. The Kier molecular flexibility index (Phi) is 5.23. The summed E-state index contributed by atoms with van der Waals surface area (Å²) in [5.74, 6) is -1.71. The zero-order chi connectivity index (χ0) is 23.1. The van der Waals surface area contributed by atoms with Crippen molar-refractivity contribution in [2.75, 3.05) is 0 Å². The van der Waals surface area contributed by atoms with E-state index in [1.165, 1.54) is 18.3 Å². The molecular formula is C22H16F5N5. The molecule has 0 aliphatic heterocycles. The van der Waals surface area contributed by atoms with E-state index in [1.54, 1.807) is 30.3 Å². The van der Waals surface area contributed by atoms with Gasteiger partial charge < -0.3 is 0 Å². The van der Waals surface area contributed by atoms with Gasteiger partial charge in [0.05, 0.1) is 22.6 Å². The molecule has 0 radical (unpaired) electrons. The summed E-state index contributed by atoms with van der Waals surface area (Å²) in [4.78, 5) is 12.2. The van der Waals surface area contributed by atoms with Crippen molar-refractivity contribution < 1.29 is 22.0 Å². The molecule has 10 heteroatoms. The maximum Gasteiger partial charge on any atom is 0.435 e. The molecule has 4 aromatic heterocycles. The van der Waals surface area contributed by atoms with Gasteiger partial charge in [-0.3, -0.25) is 4.98 Å². The fourth-order valence-corrected chi connectivity index (χ4v) is 3.17. The molecule has 5 nitrogen and oxygen atoms in total. The molecule has 0 saturated heterocycles. The van der Waals surface area contributed by atoms with Crippen LogP contribution in [0, 0.1) is 11.9 Å². The van der Waals surface area contributed by atoms with Crippen molar-refractivity contribution in [3.8, 4) is 17.1 Å². The van der Waals surface area contributed by atoms with Crippen molar-refractivity contribution in [2.24, 2.45) is 0 Å². The van der Waals surface area contributed by atoms with E-state index in [9.17, 15) is 22.0 Å². The third kappa shape index (κ3) is 4.08. The highest BCUT2D eigenvalue weighted by Gasteiger charge is 2.34. The Morgan fingerprint density at radius 2 is 1.44 bits per heavy atom. The van der Waals surface area contributed by atoms with Crippen LogP contribution in [0.3, 0.4) is 0 Å². The van der Waals surface area contributed by atoms with Crippen LogP contribution in [-0.2, 0) is 11.6 Å². The van der Waals surface area contributed by atoms with Gasteiger partial charge in [-0.25, -0.2) is 9.67 Å². The smallest absolute Gasteiger partial charge is 0.252 e. The summed E-state index contributed by atoms with van der Waals surface area (Å²) in [6.07, 6.45) is -3.37. The van der Waals surface area contributed by atoms with Crippen LogP contribution >= 0.6 is 0 Å². The van der Waals surface area contributed by atoms with Gasteiger partial charge in [0, 0.05) is 11.6 Å². The Morgan fingerprint density at radius 3 is 2.09 bits per heavy atom. The summed E-state index contributed by atoms with van der Waals surface area (Å²) in [7, 11) is 0. The van der Waals surface area contributed by atoms with E-state index in [-0.39, 0.29) is 17.1 Å². The molecule has 0 atom stereocenters. The first-order chi connectivity index (χ1) is 15.1. The highest BCUT2D eigenvalue weighted by molar-refractivity contribution is 5.59. The van der Waals surface area contributed by atoms with Crippen LogP contribution in [0.4, 0.5) is 22.0 Å². The van der Waals surface area contributed by atoms with Crippen molar-refractivity contribution in [1.82, 2.24) is 24.7 Å². The maximum absolute atomic E-state index is 14.1. The van der Waals surface area contributed by atoms with Gasteiger partial charge in [-0.1, -0.05) is 12.1 Å². The van der Waals surface area contributed by atoms with Crippen LogP contribution in [-0.4, -0.2) is 24.7 Å². The number of rotatable bonds is 4. The van der Waals surface area contributed by atoms with E-state index in [4.69, 9.17) is 0 Å². The molecule has 4 aromatic rings. The number of hydrogen-bond acceptors (Lipinski definition) is 4. The number of nitrogens with zero attached hydrogens (tertiary/aromatic N) is 5. The highest BCUT2D eigenvalue weighted by Crippen LogP contribution is 2.32. The van der Waals surface area contributed by atoms with Gasteiger partial charge >= 0.3 is 6.18 Å². The minimum atomic E-state index is -4.56. The molecule has 0 spiro atoms. The Hall–Kier alpha value is -3.69. The van der Waals surface area contributed by atoms with Crippen molar-refractivity contribution in [3.63, 3.8) is 0 Å². The maximum atomic E-state index is 14.1. The van der Waals surface area contributed by atoms with Crippen LogP contribution in [0.2, 0.25) is 0 Å². The van der Waals surface area contributed by atoms with Crippen molar-refractivity contribution in [2.45, 2.75) is 25.4 Å². The van der Waals surface area contributed by atoms with E-state index < -0.39 is 29.2 Å². The number of halogens is 5. The molecule has 0 unspecified atom stereocenters. The highest BCUT2D eigenvalue weighted by atomic mass is 19.4. The summed E-state index contributed by atoms with van der Waals surface area (Å²) in [5, 5.41) is 3.55. The molecule has 0 N–H and O–H groups in total. The van der Waals surface area contributed by atoms with E-state index in [0.29, 0.717) is 11.4 Å². The van der Waals surface area contributed by atoms with E-state index in [1.807, 2.05) is 13.8 Å². The molecule has 0 aliphatic rings. The zero-order valence-corrected chi connectivity index (χ0v) is 16.9. The van der Waals surface area contributed by atoms with Gasteiger partial charge in [0.1, 0.15) is 0 Å². The average molecular weight is 445 g/mol. The lowest BCUT2D eigenvalue weighted by Gasteiger charge is -2.24. The monoisotopic (exact) mass is 445 g/mol. The fraction of sp³-hybridized carbons (Fsp3) is 0.182. The van der Waals surface area contributed by atoms with Crippen LogP contribution in [0.15, 0.2) is 60.8 Å². The summed E-state index contributed by atoms with van der Waals surface area (Å²) >= 11 is 0. The van der Waals surface area contributed by atoms with E-state index in [0.717, 1.165) is 16.8 Å². The third-order valence-corrected chi connectivity index (χ3v) is 4.97. The number of alkyl halides is 3. The first-order valence-corrected chi connectivity index (χ1v) is 9.46. The topological polar surface area (TPSA) is 56.5 Å². The quantitative estimate of drug-likeness (QED) is 0.314. The summed E-state index contributed by atoms with van der Waals surface area (Å²) in [6.45, 7) is 3.66. The Bertz CT molecular complexity index is 1280. The summed E-state index contributed by atoms with van der Waals surface area (Å²) in [5.41, 5.74) is -0.467. The number of hydrogen-bond donors (Lipinski definition) is 0. The average Bonchev–Trinajstić information content (AvgIpc) is 3.25. The van der Waals surface area contributed by atoms with Gasteiger partial charge in [-0.05, 0) is 56.3 Å².